The molecule has 0 bridgehead atoms. The molecule has 104 valence electrons. The summed E-state index contributed by atoms with van der Waals surface area (Å²) in [6.45, 7) is 1.77. The number of carbonyl (C=O) groups is 1. The molecule has 4 heteroatoms. The van der Waals surface area contributed by atoms with Gasteiger partial charge < -0.3 is 10.3 Å². The van der Waals surface area contributed by atoms with Crippen LogP contribution >= 0.6 is 0 Å². The fourth-order valence-corrected chi connectivity index (χ4v) is 2.22. The molecule has 3 aromatic rings. The molecular formula is C17H14N2O2. The van der Waals surface area contributed by atoms with Crippen molar-refractivity contribution in [1.82, 2.24) is 4.98 Å². The molecule has 0 saturated heterocycles. The van der Waals surface area contributed by atoms with Crippen molar-refractivity contribution in [2.45, 2.75) is 6.92 Å². The Morgan fingerprint density at radius 2 is 1.76 bits per heavy atom. The van der Waals surface area contributed by atoms with Crippen LogP contribution < -0.4 is 10.9 Å². The maximum atomic E-state index is 12.2. The highest BCUT2D eigenvalue weighted by Gasteiger charge is 2.10. The topological polar surface area (TPSA) is 62.0 Å². The molecule has 0 fully saturated rings. The molecule has 0 aliphatic rings. The fourth-order valence-electron chi connectivity index (χ4n) is 2.22. The van der Waals surface area contributed by atoms with Crippen LogP contribution in [0.15, 0.2) is 59.4 Å². The minimum atomic E-state index is -0.411. The molecule has 0 unspecified atom stereocenters. The summed E-state index contributed by atoms with van der Waals surface area (Å²) >= 11 is 0. The second-order valence-electron chi connectivity index (χ2n) is 4.90. The van der Waals surface area contributed by atoms with E-state index in [2.05, 4.69) is 10.3 Å². The standard InChI is InChI=1S/C17H14N2O2/c1-11-6-9-15(16(20)18-11)17(21)19-14-8-7-12-4-2-3-5-13(12)10-14/h2-10H,1H3,(H,18,20)(H,19,21). The first-order chi connectivity index (χ1) is 10.1. The summed E-state index contributed by atoms with van der Waals surface area (Å²) in [6, 6.07) is 16.8. The fraction of sp³-hybridized carbons (Fsp3) is 0.0588. The lowest BCUT2D eigenvalue weighted by molar-refractivity contribution is 0.102. The van der Waals surface area contributed by atoms with Gasteiger partial charge in [0.15, 0.2) is 0 Å². The Hall–Kier alpha value is -2.88. The van der Waals surface area contributed by atoms with Gasteiger partial charge in [-0.25, -0.2) is 0 Å². The third-order valence-corrected chi connectivity index (χ3v) is 3.31. The quantitative estimate of drug-likeness (QED) is 0.756. The number of benzene rings is 2. The van der Waals surface area contributed by atoms with Crippen LogP contribution in [0.2, 0.25) is 0 Å². The number of nitrogens with one attached hydrogen (secondary N) is 2. The van der Waals surface area contributed by atoms with Gasteiger partial charge in [0.25, 0.3) is 11.5 Å². The second-order valence-corrected chi connectivity index (χ2v) is 4.90. The van der Waals surface area contributed by atoms with Gasteiger partial charge in [0.2, 0.25) is 0 Å². The minimum Gasteiger partial charge on any atom is -0.326 e. The van der Waals surface area contributed by atoms with Crippen LogP contribution in [-0.4, -0.2) is 10.9 Å². The second kappa shape index (κ2) is 5.25. The van der Waals surface area contributed by atoms with E-state index < -0.39 is 5.91 Å². The highest BCUT2D eigenvalue weighted by Crippen LogP contribution is 2.19. The Kier molecular flexibility index (Phi) is 3.28. The molecular weight excluding hydrogens is 264 g/mol. The molecule has 0 radical (unpaired) electrons. The number of H-pyrrole nitrogens is 1. The van der Waals surface area contributed by atoms with Gasteiger partial charge in [-0.3, -0.25) is 9.59 Å². The number of aryl methyl sites for hydroxylation is 1. The number of pyridine rings is 1. The van der Waals surface area contributed by atoms with Gasteiger partial charge >= 0.3 is 0 Å². The number of aromatic amines is 1. The van der Waals surface area contributed by atoms with Crippen LogP contribution in [-0.2, 0) is 0 Å². The Morgan fingerprint density at radius 1 is 1.00 bits per heavy atom. The third kappa shape index (κ3) is 2.69. The van der Waals surface area contributed by atoms with E-state index in [1.54, 1.807) is 13.0 Å². The SMILES string of the molecule is Cc1ccc(C(=O)Nc2ccc3ccccc3c2)c(=O)[nH]1. The van der Waals surface area contributed by atoms with Crippen LogP contribution in [0.3, 0.4) is 0 Å². The number of carbonyl (C=O) groups excluding carboxylic acids is 1. The lowest BCUT2D eigenvalue weighted by Crippen LogP contribution is -2.23. The Morgan fingerprint density at radius 3 is 2.52 bits per heavy atom. The van der Waals surface area contributed by atoms with Crippen molar-refractivity contribution >= 4 is 22.4 Å². The van der Waals surface area contributed by atoms with E-state index in [9.17, 15) is 9.59 Å². The molecule has 21 heavy (non-hydrogen) atoms. The van der Waals surface area contributed by atoms with Crippen molar-refractivity contribution in [3.8, 4) is 0 Å². The highest BCUT2D eigenvalue weighted by atomic mass is 16.2. The molecule has 0 spiro atoms. The number of rotatable bonds is 2. The number of hydrogen-bond donors (Lipinski definition) is 2. The van der Waals surface area contributed by atoms with Gasteiger partial charge in [0.1, 0.15) is 5.56 Å². The number of fused-ring (bicyclic) bond motifs is 1. The summed E-state index contributed by atoms with van der Waals surface area (Å²) < 4.78 is 0. The Bertz CT molecular complexity index is 881. The molecule has 1 aromatic heterocycles. The molecule has 0 aliphatic heterocycles. The van der Waals surface area contributed by atoms with Gasteiger partial charge in [-0.15, -0.1) is 0 Å². The van der Waals surface area contributed by atoms with Gasteiger partial charge in [-0.1, -0.05) is 30.3 Å². The van der Waals surface area contributed by atoms with E-state index in [-0.39, 0.29) is 11.1 Å². The Balaban J connectivity index is 1.90. The summed E-state index contributed by atoms with van der Waals surface area (Å²) in [5.74, 6) is -0.411. The largest absolute Gasteiger partial charge is 0.326 e. The highest BCUT2D eigenvalue weighted by molar-refractivity contribution is 6.05. The average molecular weight is 278 g/mol. The van der Waals surface area contributed by atoms with Crippen molar-refractivity contribution in [3.63, 3.8) is 0 Å². The van der Waals surface area contributed by atoms with Crippen LogP contribution in [0.4, 0.5) is 5.69 Å². The van der Waals surface area contributed by atoms with Crippen molar-refractivity contribution in [2.24, 2.45) is 0 Å². The maximum absolute atomic E-state index is 12.2. The lowest BCUT2D eigenvalue weighted by atomic mass is 10.1. The van der Waals surface area contributed by atoms with E-state index >= 15 is 0 Å². The van der Waals surface area contributed by atoms with E-state index in [1.165, 1.54) is 6.07 Å². The summed E-state index contributed by atoms with van der Waals surface area (Å²) in [7, 11) is 0. The van der Waals surface area contributed by atoms with E-state index in [1.807, 2.05) is 42.5 Å². The predicted octanol–water partition coefficient (Wildman–Crippen LogP) is 3.09. The van der Waals surface area contributed by atoms with Gasteiger partial charge in [-0.05, 0) is 42.0 Å². The van der Waals surface area contributed by atoms with Crippen molar-refractivity contribution in [3.05, 3.63) is 76.2 Å². The van der Waals surface area contributed by atoms with Gasteiger partial charge in [0, 0.05) is 11.4 Å². The third-order valence-electron chi connectivity index (χ3n) is 3.31. The molecule has 3 rings (SSSR count). The summed E-state index contributed by atoms with van der Waals surface area (Å²) in [4.78, 5) is 26.5. The first-order valence-electron chi connectivity index (χ1n) is 6.63. The smallest absolute Gasteiger partial charge is 0.261 e. The Labute approximate surface area is 121 Å². The molecule has 0 aliphatic carbocycles. The van der Waals surface area contributed by atoms with Gasteiger partial charge in [0.05, 0.1) is 0 Å². The van der Waals surface area contributed by atoms with Gasteiger partial charge in [-0.2, -0.15) is 0 Å². The average Bonchev–Trinajstić information content (AvgIpc) is 2.47. The zero-order chi connectivity index (χ0) is 14.8. The van der Waals surface area contributed by atoms with Crippen molar-refractivity contribution in [1.29, 1.82) is 0 Å². The predicted molar refractivity (Wildman–Crippen MR) is 83.7 cm³/mol. The number of hydrogen-bond acceptors (Lipinski definition) is 2. The van der Waals surface area contributed by atoms with Crippen LogP contribution in [0, 0.1) is 6.92 Å². The molecule has 1 amide bonds. The summed E-state index contributed by atoms with van der Waals surface area (Å²) in [5.41, 5.74) is 1.11. The lowest BCUT2D eigenvalue weighted by Gasteiger charge is -2.06. The number of aromatic nitrogens is 1. The molecule has 4 nitrogen and oxygen atoms in total. The number of amides is 1. The monoisotopic (exact) mass is 278 g/mol. The van der Waals surface area contributed by atoms with E-state index in [4.69, 9.17) is 0 Å². The molecule has 0 saturated carbocycles. The number of anilines is 1. The normalized spacial score (nSPS) is 10.5. The van der Waals surface area contributed by atoms with Crippen molar-refractivity contribution < 1.29 is 4.79 Å². The van der Waals surface area contributed by atoms with Crippen LogP contribution in [0.1, 0.15) is 16.1 Å². The van der Waals surface area contributed by atoms with Crippen LogP contribution in [0.5, 0.6) is 0 Å². The molecule has 1 heterocycles. The van der Waals surface area contributed by atoms with Crippen molar-refractivity contribution in [2.75, 3.05) is 5.32 Å². The van der Waals surface area contributed by atoms with E-state index in [0.717, 1.165) is 16.5 Å². The van der Waals surface area contributed by atoms with E-state index in [0.29, 0.717) is 5.69 Å². The first-order valence-corrected chi connectivity index (χ1v) is 6.63. The van der Waals surface area contributed by atoms with Crippen LogP contribution in [0.25, 0.3) is 10.8 Å². The first kappa shape index (κ1) is 13.1. The molecule has 2 N–H and O–H groups in total. The summed E-state index contributed by atoms with van der Waals surface area (Å²) in [5, 5.41) is 4.89. The molecule has 0 atom stereocenters. The molecule has 2 aromatic carbocycles. The minimum absolute atomic E-state index is 0.105. The zero-order valence-electron chi connectivity index (χ0n) is 11.5. The zero-order valence-corrected chi connectivity index (χ0v) is 11.5. The summed E-state index contributed by atoms with van der Waals surface area (Å²) in [6.07, 6.45) is 0. The maximum Gasteiger partial charge on any atom is 0.261 e.